The summed E-state index contributed by atoms with van der Waals surface area (Å²) in [5, 5.41) is 13.3. The van der Waals surface area contributed by atoms with Crippen molar-refractivity contribution >= 4 is 40.5 Å². The van der Waals surface area contributed by atoms with Crippen molar-refractivity contribution in [1.29, 1.82) is 0 Å². The summed E-state index contributed by atoms with van der Waals surface area (Å²) in [6.07, 6.45) is 0. The Kier molecular flexibility index (Phi) is 5.56. The summed E-state index contributed by atoms with van der Waals surface area (Å²) in [5.41, 5.74) is 0.878. The number of nitrogens with one attached hydrogen (secondary N) is 1. The summed E-state index contributed by atoms with van der Waals surface area (Å²) in [4.78, 5) is 38.5. The van der Waals surface area contributed by atoms with E-state index in [1.165, 1.54) is 17.0 Å². The molecule has 1 saturated heterocycles. The van der Waals surface area contributed by atoms with Crippen molar-refractivity contribution in [3.8, 4) is 0 Å². The Morgan fingerprint density at radius 3 is 2.33 bits per heavy atom. The van der Waals surface area contributed by atoms with Crippen LogP contribution in [0.4, 0.5) is 17.1 Å². The molecule has 140 valence electrons. The van der Waals surface area contributed by atoms with Gasteiger partial charge in [0.2, 0.25) is 0 Å². The number of nitro groups is 1. The first kappa shape index (κ1) is 18.7. The van der Waals surface area contributed by atoms with E-state index >= 15 is 0 Å². The van der Waals surface area contributed by atoms with Crippen LogP contribution < -0.4 is 10.2 Å². The molecule has 9 heteroatoms. The molecule has 2 aromatic rings. The highest BCUT2D eigenvalue weighted by atomic mass is 35.5. The van der Waals surface area contributed by atoms with Crippen molar-refractivity contribution in [3.05, 3.63) is 63.7 Å². The average molecular weight is 389 g/mol. The second-order valence-corrected chi connectivity index (χ2v) is 6.40. The number of carbonyl (C=O) groups is 2. The lowest BCUT2D eigenvalue weighted by Crippen LogP contribution is -2.51. The van der Waals surface area contributed by atoms with Crippen molar-refractivity contribution in [2.24, 2.45) is 0 Å². The molecule has 1 fully saturated rings. The number of hydrogen-bond acceptors (Lipinski definition) is 5. The molecular weight excluding hydrogens is 372 g/mol. The number of hydrogen-bond donors (Lipinski definition) is 1. The molecule has 0 unspecified atom stereocenters. The summed E-state index contributed by atoms with van der Waals surface area (Å²) in [5.74, 6) is -1.56. The maximum Gasteiger partial charge on any atom is 0.313 e. The van der Waals surface area contributed by atoms with Crippen LogP contribution in [0.5, 0.6) is 0 Å². The molecule has 0 aliphatic carbocycles. The molecule has 2 aromatic carbocycles. The van der Waals surface area contributed by atoms with E-state index in [1.54, 1.807) is 0 Å². The SMILES string of the molecule is O=C(Nc1cc([N+](=O)[O-])ccc1Cl)C(=O)N1CCN(c2ccccc2)CC1. The second kappa shape index (κ2) is 8.05. The van der Waals surface area contributed by atoms with Crippen LogP contribution in [0.25, 0.3) is 0 Å². The van der Waals surface area contributed by atoms with E-state index in [0.29, 0.717) is 26.2 Å². The van der Waals surface area contributed by atoms with Gasteiger partial charge in [-0.25, -0.2) is 0 Å². The van der Waals surface area contributed by atoms with Crippen molar-refractivity contribution in [2.75, 3.05) is 36.4 Å². The van der Waals surface area contributed by atoms with Crippen LogP contribution in [-0.4, -0.2) is 47.8 Å². The zero-order chi connectivity index (χ0) is 19.4. The molecule has 0 spiro atoms. The van der Waals surface area contributed by atoms with Gasteiger partial charge in [0.05, 0.1) is 15.6 Å². The van der Waals surface area contributed by atoms with Crippen molar-refractivity contribution in [2.45, 2.75) is 0 Å². The molecule has 2 amide bonds. The lowest BCUT2D eigenvalue weighted by Gasteiger charge is -2.35. The largest absolute Gasteiger partial charge is 0.368 e. The molecule has 0 atom stereocenters. The van der Waals surface area contributed by atoms with Crippen molar-refractivity contribution in [3.63, 3.8) is 0 Å². The summed E-state index contributed by atoms with van der Waals surface area (Å²) in [6.45, 7) is 2.04. The third-order valence-electron chi connectivity index (χ3n) is 4.29. The van der Waals surface area contributed by atoms with Gasteiger partial charge >= 0.3 is 11.8 Å². The number of halogens is 1. The molecule has 1 aliphatic heterocycles. The number of benzene rings is 2. The van der Waals surface area contributed by atoms with Gasteiger partial charge in [0.1, 0.15) is 0 Å². The van der Waals surface area contributed by atoms with E-state index in [1.807, 2.05) is 30.3 Å². The van der Waals surface area contributed by atoms with Crippen LogP contribution in [0.3, 0.4) is 0 Å². The number of nitrogens with zero attached hydrogens (tertiary/aromatic N) is 3. The fourth-order valence-corrected chi connectivity index (χ4v) is 3.01. The van der Waals surface area contributed by atoms with Crippen LogP contribution in [0.2, 0.25) is 5.02 Å². The molecule has 0 aromatic heterocycles. The molecule has 27 heavy (non-hydrogen) atoms. The van der Waals surface area contributed by atoms with E-state index in [-0.39, 0.29) is 16.4 Å². The van der Waals surface area contributed by atoms with Crippen LogP contribution in [0.15, 0.2) is 48.5 Å². The Morgan fingerprint density at radius 1 is 1.04 bits per heavy atom. The molecule has 0 radical (unpaired) electrons. The van der Waals surface area contributed by atoms with Crippen LogP contribution in [-0.2, 0) is 9.59 Å². The average Bonchev–Trinajstić information content (AvgIpc) is 2.69. The predicted octanol–water partition coefficient (Wildman–Crippen LogP) is 2.54. The van der Waals surface area contributed by atoms with E-state index in [4.69, 9.17) is 11.6 Å². The van der Waals surface area contributed by atoms with E-state index < -0.39 is 16.7 Å². The summed E-state index contributed by atoms with van der Waals surface area (Å²) in [6, 6.07) is 13.5. The number of amides is 2. The lowest BCUT2D eigenvalue weighted by atomic mass is 10.2. The van der Waals surface area contributed by atoms with Gasteiger partial charge in [0.25, 0.3) is 5.69 Å². The molecular formula is C18H17ClN4O4. The number of piperazine rings is 1. The molecule has 1 aliphatic rings. The highest BCUT2D eigenvalue weighted by molar-refractivity contribution is 6.41. The number of nitro benzene ring substituents is 1. The van der Waals surface area contributed by atoms with Crippen LogP contribution in [0, 0.1) is 10.1 Å². The monoisotopic (exact) mass is 388 g/mol. The molecule has 0 bridgehead atoms. The maximum absolute atomic E-state index is 12.4. The summed E-state index contributed by atoms with van der Waals surface area (Å²) < 4.78 is 0. The zero-order valence-electron chi connectivity index (χ0n) is 14.3. The minimum atomic E-state index is -0.870. The Hall–Kier alpha value is -3.13. The first-order valence-corrected chi connectivity index (χ1v) is 8.67. The third kappa shape index (κ3) is 4.35. The number of non-ortho nitro benzene ring substituents is 1. The Morgan fingerprint density at radius 2 is 1.70 bits per heavy atom. The topological polar surface area (TPSA) is 95.8 Å². The zero-order valence-corrected chi connectivity index (χ0v) is 15.1. The van der Waals surface area contributed by atoms with E-state index in [9.17, 15) is 19.7 Å². The van der Waals surface area contributed by atoms with Gasteiger partial charge in [0, 0.05) is 44.0 Å². The normalized spacial score (nSPS) is 14.0. The molecule has 3 rings (SSSR count). The smallest absolute Gasteiger partial charge is 0.313 e. The predicted molar refractivity (Wildman–Crippen MR) is 102 cm³/mol. The number of para-hydroxylation sites is 1. The summed E-state index contributed by atoms with van der Waals surface area (Å²) in [7, 11) is 0. The standard InChI is InChI=1S/C18H17ClN4O4/c19-15-7-6-14(23(26)27)12-16(15)20-17(24)18(25)22-10-8-21(9-11-22)13-4-2-1-3-5-13/h1-7,12H,8-11H2,(H,20,24). The minimum Gasteiger partial charge on any atom is -0.368 e. The Bertz CT molecular complexity index is 867. The fraction of sp³-hybridized carbons (Fsp3) is 0.222. The Labute approximate surface area is 160 Å². The van der Waals surface area contributed by atoms with E-state index in [0.717, 1.165) is 11.8 Å². The first-order chi connectivity index (χ1) is 13.0. The van der Waals surface area contributed by atoms with Gasteiger partial charge < -0.3 is 15.1 Å². The highest BCUT2D eigenvalue weighted by Gasteiger charge is 2.27. The number of rotatable bonds is 3. The van der Waals surface area contributed by atoms with Gasteiger partial charge in [-0.2, -0.15) is 0 Å². The van der Waals surface area contributed by atoms with Crippen molar-refractivity contribution < 1.29 is 14.5 Å². The quantitative estimate of drug-likeness (QED) is 0.495. The number of carbonyl (C=O) groups excluding carboxylic acids is 2. The third-order valence-corrected chi connectivity index (χ3v) is 4.62. The van der Waals surface area contributed by atoms with Crippen LogP contribution >= 0.6 is 11.6 Å². The maximum atomic E-state index is 12.4. The van der Waals surface area contributed by atoms with Gasteiger partial charge in [-0.05, 0) is 18.2 Å². The number of anilines is 2. The lowest BCUT2D eigenvalue weighted by molar-refractivity contribution is -0.384. The van der Waals surface area contributed by atoms with E-state index in [2.05, 4.69) is 10.2 Å². The van der Waals surface area contributed by atoms with Gasteiger partial charge in [-0.1, -0.05) is 29.8 Å². The Balaban J connectivity index is 1.61. The molecule has 1 heterocycles. The fourth-order valence-electron chi connectivity index (χ4n) is 2.85. The molecule has 8 nitrogen and oxygen atoms in total. The van der Waals surface area contributed by atoms with Gasteiger partial charge in [-0.3, -0.25) is 19.7 Å². The molecule has 1 N–H and O–H groups in total. The summed E-state index contributed by atoms with van der Waals surface area (Å²) >= 11 is 5.95. The second-order valence-electron chi connectivity index (χ2n) is 5.99. The van der Waals surface area contributed by atoms with Crippen molar-refractivity contribution in [1.82, 2.24) is 4.90 Å². The first-order valence-electron chi connectivity index (χ1n) is 8.30. The minimum absolute atomic E-state index is 0.0344. The molecule has 0 saturated carbocycles. The van der Waals surface area contributed by atoms with Gasteiger partial charge in [-0.15, -0.1) is 0 Å². The van der Waals surface area contributed by atoms with Gasteiger partial charge in [0.15, 0.2) is 0 Å². The highest BCUT2D eigenvalue weighted by Crippen LogP contribution is 2.26. The van der Waals surface area contributed by atoms with Crippen LogP contribution in [0.1, 0.15) is 0 Å².